The van der Waals surface area contributed by atoms with Crippen molar-refractivity contribution in [1.29, 1.82) is 0 Å². The molecule has 31 heavy (non-hydrogen) atoms. The Morgan fingerprint density at radius 3 is 2.61 bits per heavy atom. The molecule has 0 radical (unpaired) electrons. The summed E-state index contributed by atoms with van der Waals surface area (Å²) < 4.78 is 5.18. The van der Waals surface area contributed by atoms with Crippen LogP contribution in [0.5, 0.6) is 0 Å². The minimum atomic E-state index is -0.534. The molecule has 1 aliphatic rings. The average molecular weight is 434 g/mol. The summed E-state index contributed by atoms with van der Waals surface area (Å²) in [5, 5.41) is 2.89. The van der Waals surface area contributed by atoms with Crippen LogP contribution in [-0.4, -0.2) is 28.5 Å². The van der Waals surface area contributed by atoms with Crippen LogP contribution < -0.4 is 10.9 Å². The molecule has 0 unspecified atom stereocenters. The van der Waals surface area contributed by atoms with Crippen molar-refractivity contribution < 1.29 is 18.8 Å². The second-order valence-electron chi connectivity index (χ2n) is 7.13. The molecule has 3 amide bonds. The van der Waals surface area contributed by atoms with E-state index < -0.39 is 29.2 Å². The van der Waals surface area contributed by atoms with Gasteiger partial charge in [-0.3, -0.25) is 19.3 Å². The molecule has 1 fully saturated rings. The van der Waals surface area contributed by atoms with Crippen molar-refractivity contribution in [2.24, 2.45) is 0 Å². The summed E-state index contributed by atoms with van der Waals surface area (Å²) in [5.74, 6) is -1.04. The molecule has 0 aliphatic carbocycles. The fourth-order valence-electron chi connectivity index (χ4n) is 3.27. The molecule has 0 saturated carbocycles. The van der Waals surface area contributed by atoms with E-state index in [4.69, 9.17) is 4.42 Å². The van der Waals surface area contributed by atoms with Crippen LogP contribution >= 0.6 is 11.8 Å². The summed E-state index contributed by atoms with van der Waals surface area (Å²) >= 11 is 0.808. The average Bonchev–Trinajstić information content (AvgIpc) is 2.96. The molecule has 0 spiro atoms. The molecule has 2 heterocycles. The first-order valence-corrected chi connectivity index (χ1v) is 10.3. The van der Waals surface area contributed by atoms with Crippen molar-refractivity contribution >= 4 is 51.5 Å². The molecule has 4 rings (SSSR count). The number of nitrogens with zero attached hydrogens (tertiary/aromatic N) is 1. The van der Waals surface area contributed by atoms with Crippen molar-refractivity contribution in [2.45, 2.75) is 13.8 Å². The van der Waals surface area contributed by atoms with Gasteiger partial charge in [0.05, 0.1) is 4.91 Å². The van der Waals surface area contributed by atoms with Crippen molar-refractivity contribution in [2.75, 3.05) is 11.9 Å². The van der Waals surface area contributed by atoms with E-state index in [1.54, 1.807) is 25.1 Å². The number of hydrogen-bond donors (Lipinski definition) is 1. The fraction of sp³-hybridized carbons (Fsp3) is 0.130. The first kappa shape index (κ1) is 20.6. The van der Waals surface area contributed by atoms with Crippen LogP contribution in [0.1, 0.15) is 16.7 Å². The number of rotatable bonds is 4. The van der Waals surface area contributed by atoms with Gasteiger partial charge in [0.1, 0.15) is 12.1 Å². The van der Waals surface area contributed by atoms with Gasteiger partial charge in [0.2, 0.25) is 5.91 Å². The molecule has 0 bridgehead atoms. The monoisotopic (exact) mass is 434 g/mol. The molecule has 1 aromatic heterocycles. The highest BCUT2D eigenvalue weighted by Gasteiger charge is 2.36. The van der Waals surface area contributed by atoms with E-state index in [2.05, 4.69) is 5.32 Å². The number of hydrogen-bond acceptors (Lipinski definition) is 6. The zero-order valence-corrected chi connectivity index (χ0v) is 17.6. The molecule has 1 saturated heterocycles. The summed E-state index contributed by atoms with van der Waals surface area (Å²) in [5.41, 5.74) is 2.84. The summed E-state index contributed by atoms with van der Waals surface area (Å²) in [6, 6.07) is 13.8. The number of aryl methyl sites for hydroxylation is 2. The van der Waals surface area contributed by atoms with Gasteiger partial charge < -0.3 is 9.73 Å². The van der Waals surface area contributed by atoms with Crippen LogP contribution in [0.3, 0.4) is 0 Å². The summed E-state index contributed by atoms with van der Waals surface area (Å²) in [4.78, 5) is 50.2. The van der Waals surface area contributed by atoms with Crippen molar-refractivity contribution in [3.8, 4) is 0 Å². The van der Waals surface area contributed by atoms with E-state index in [0.717, 1.165) is 38.7 Å². The lowest BCUT2D eigenvalue weighted by Crippen LogP contribution is -2.36. The van der Waals surface area contributed by atoms with Gasteiger partial charge in [-0.15, -0.1) is 0 Å². The number of fused-ring (bicyclic) bond motifs is 1. The van der Waals surface area contributed by atoms with Crippen LogP contribution in [-0.2, 0) is 9.59 Å². The predicted octanol–water partition coefficient (Wildman–Crippen LogP) is 4.08. The Morgan fingerprint density at radius 1 is 1.06 bits per heavy atom. The van der Waals surface area contributed by atoms with Gasteiger partial charge in [-0.1, -0.05) is 24.3 Å². The molecule has 1 N–H and O–H groups in total. The van der Waals surface area contributed by atoms with Gasteiger partial charge in [0, 0.05) is 23.2 Å². The highest BCUT2D eigenvalue weighted by molar-refractivity contribution is 8.18. The minimum absolute atomic E-state index is 0.273. The lowest BCUT2D eigenvalue weighted by Gasteiger charge is -2.13. The number of carbonyl (C=O) groups excluding carboxylic acids is 3. The van der Waals surface area contributed by atoms with Gasteiger partial charge in [-0.05, 0) is 60.5 Å². The molecule has 8 heteroatoms. The largest absolute Gasteiger partial charge is 0.423 e. The standard InChI is InChI=1S/C23H18N2O5S/c1-13-5-3-4-6-15(13)10-19-22(28)25(23(29)31-19)12-20(26)24-16-7-8-17-14(2)9-21(27)30-18(17)11-16/h3-11H,12H2,1-2H3,(H,24,26)/b19-10-. The Hall–Kier alpha value is -3.65. The van der Waals surface area contributed by atoms with Crippen molar-refractivity contribution in [3.05, 3.63) is 80.5 Å². The van der Waals surface area contributed by atoms with Gasteiger partial charge in [-0.25, -0.2) is 4.79 Å². The minimum Gasteiger partial charge on any atom is -0.423 e. The van der Waals surface area contributed by atoms with Crippen LogP contribution in [0, 0.1) is 13.8 Å². The highest BCUT2D eigenvalue weighted by atomic mass is 32.2. The highest BCUT2D eigenvalue weighted by Crippen LogP contribution is 2.32. The number of amides is 3. The number of anilines is 1. The molecule has 0 atom stereocenters. The van der Waals surface area contributed by atoms with Crippen molar-refractivity contribution in [3.63, 3.8) is 0 Å². The van der Waals surface area contributed by atoms with E-state index in [1.165, 1.54) is 12.1 Å². The topological polar surface area (TPSA) is 96.7 Å². The normalized spacial score (nSPS) is 15.2. The SMILES string of the molecule is Cc1ccccc1/C=C1\SC(=O)N(CC(=O)Nc2ccc3c(C)cc(=O)oc3c2)C1=O. The maximum Gasteiger partial charge on any atom is 0.336 e. The summed E-state index contributed by atoms with van der Waals surface area (Å²) in [6.07, 6.45) is 1.66. The van der Waals surface area contributed by atoms with Gasteiger partial charge >= 0.3 is 5.63 Å². The summed E-state index contributed by atoms with van der Waals surface area (Å²) in [6.45, 7) is 3.30. The van der Waals surface area contributed by atoms with E-state index in [9.17, 15) is 19.2 Å². The Labute approximate surface area is 181 Å². The molecule has 7 nitrogen and oxygen atoms in total. The van der Waals surface area contributed by atoms with Gasteiger partial charge in [-0.2, -0.15) is 0 Å². The first-order valence-electron chi connectivity index (χ1n) is 9.47. The van der Waals surface area contributed by atoms with Gasteiger partial charge in [0.25, 0.3) is 11.1 Å². The number of imide groups is 1. The predicted molar refractivity (Wildman–Crippen MR) is 120 cm³/mol. The van der Waals surface area contributed by atoms with Crippen LogP contribution in [0.4, 0.5) is 10.5 Å². The Morgan fingerprint density at radius 2 is 1.84 bits per heavy atom. The molecular weight excluding hydrogens is 416 g/mol. The third kappa shape index (κ3) is 4.29. The zero-order valence-electron chi connectivity index (χ0n) is 16.8. The van der Waals surface area contributed by atoms with E-state index >= 15 is 0 Å². The summed E-state index contributed by atoms with van der Waals surface area (Å²) in [7, 11) is 0. The second-order valence-corrected chi connectivity index (χ2v) is 8.13. The Kier molecular flexibility index (Phi) is 5.48. The van der Waals surface area contributed by atoms with Crippen LogP contribution in [0.15, 0.2) is 62.6 Å². The third-order valence-corrected chi connectivity index (χ3v) is 5.79. The number of benzene rings is 2. The lowest BCUT2D eigenvalue weighted by molar-refractivity contribution is -0.127. The number of carbonyl (C=O) groups is 3. The fourth-order valence-corrected chi connectivity index (χ4v) is 4.10. The van der Waals surface area contributed by atoms with Crippen LogP contribution in [0.2, 0.25) is 0 Å². The number of nitrogens with one attached hydrogen (secondary N) is 1. The maximum absolute atomic E-state index is 12.7. The van der Waals surface area contributed by atoms with Gasteiger partial charge in [0.15, 0.2) is 0 Å². The number of thioether (sulfide) groups is 1. The molecular formula is C23H18N2O5S. The van der Waals surface area contributed by atoms with E-state index in [0.29, 0.717) is 11.3 Å². The van der Waals surface area contributed by atoms with Crippen LogP contribution in [0.25, 0.3) is 17.0 Å². The maximum atomic E-state index is 12.7. The zero-order chi connectivity index (χ0) is 22.1. The smallest absolute Gasteiger partial charge is 0.336 e. The quantitative estimate of drug-likeness (QED) is 0.491. The third-order valence-electron chi connectivity index (χ3n) is 4.89. The Bertz CT molecular complexity index is 1330. The second kappa shape index (κ2) is 8.23. The molecule has 1 aliphatic heterocycles. The first-order chi connectivity index (χ1) is 14.8. The molecule has 2 aromatic carbocycles. The lowest BCUT2D eigenvalue weighted by atomic mass is 10.1. The van der Waals surface area contributed by atoms with Crippen molar-refractivity contribution in [1.82, 2.24) is 4.90 Å². The van der Waals surface area contributed by atoms with E-state index in [-0.39, 0.29) is 4.91 Å². The Balaban J connectivity index is 1.49. The van der Waals surface area contributed by atoms with E-state index in [1.807, 2.05) is 31.2 Å². The molecule has 156 valence electrons. The molecule has 3 aromatic rings.